The minimum Gasteiger partial charge on any atom is -0.496 e. The Bertz CT molecular complexity index is 628. The lowest BCUT2D eigenvalue weighted by Crippen LogP contribution is -2.01. The third kappa shape index (κ3) is 2.97. The van der Waals surface area contributed by atoms with Crippen LogP contribution in [0.15, 0.2) is 36.5 Å². The highest BCUT2D eigenvalue weighted by Crippen LogP contribution is 2.26. The molecule has 2 rings (SSSR count). The summed E-state index contributed by atoms with van der Waals surface area (Å²) in [5.41, 5.74) is 1.60. The lowest BCUT2D eigenvalue weighted by atomic mass is 10.2. The van der Waals surface area contributed by atoms with Crippen molar-refractivity contribution in [3.8, 4) is 11.6 Å². The minimum absolute atomic E-state index is 0.116. The number of carboxylic acid groups (broad SMARTS) is 1. The smallest absolute Gasteiger partial charge is 0.339 e. The zero-order valence-corrected chi connectivity index (χ0v) is 11.1. The Balaban J connectivity index is 2.27. The first-order chi connectivity index (χ1) is 9.63. The molecule has 2 aromatic rings. The number of aromatic carboxylic acids is 1. The number of carbonyl (C=O) groups is 1. The van der Waals surface area contributed by atoms with Crippen LogP contribution in [0.5, 0.6) is 11.6 Å². The molecule has 6 heteroatoms. The Hall–Kier alpha value is -2.76. The molecule has 0 fully saturated rings. The molecule has 0 aliphatic heterocycles. The maximum absolute atomic E-state index is 11.0. The van der Waals surface area contributed by atoms with Crippen molar-refractivity contribution in [3.05, 3.63) is 42.1 Å². The molecule has 1 aromatic heterocycles. The average molecular weight is 274 g/mol. The molecule has 104 valence electrons. The van der Waals surface area contributed by atoms with E-state index in [2.05, 4.69) is 10.3 Å². The van der Waals surface area contributed by atoms with Crippen molar-refractivity contribution in [3.63, 3.8) is 0 Å². The van der Waals surface area contributed by atoms with E-state index in [0.717, 1.165) is 5.69 Å². The molecule has 0 bridgehead atoms. The molecule has 6 nitrogen and oxygen atoms in total. The van der Waals surface area contributed by atoms with Gasteiger partial charge >= 0.3 is 5.97 Å². The van der Waals surface area contributed by atoms with Crippen LogP contribution < -0.4 is 14.8 Å². The standard InChI is InChI=1S/C14H14N2O4/c1-19-12-7-9(3-4-11(12)14(17)18)16-10-5-6-15-13(8-10)20-2/h3-8H,1-2H3,(H,15,16)(H,17,18). The van der Waals surface area contributed by atoms with Crippen molar-refractivity contribution in [1.82, 2.24) is 4.98 Å². The minimum atomic E-state index is -1.03. The van der Waals surface area contributed by atoms with Crippen molar-refractivity contribution in [2.45, 2.75) is 0 Å². The number of anilines is 2. The molecule has 0 amide bonds. The number of aromatic nitrogens is 1. The molecule has 0 saturated carbocycles. The number of methoxy groups -OCH3 is 2. The third-order valence-electron chi connectivity index (χ3n) is 2.66. The number of pyridine rings is 1. The van der Waals surface area contributed by atoms with Crippen LogP contribution in [-0.2, 0) is 0 Å². The molecule has 0 unspecified atom stereocenters. The number of hydrogen-bond acceptors (Lipinski definition) is 5. The molecule has 0 spiro atoms. The predicted molar refractivity (Wildman–Crippen MR) is 74.0 cm³/mol. The second-order valence-corrected chi connectivity index (χ2v) is 3.93. The van der Waals surface area contributed by atoms with Crippen LogP contribution >= 0.6 is 0 Å². The van der Waals surface area contributed by atoms with Gasteiger partial charge in [0, 0.05) is 29.7 Å². The monoisotopic (exact) mass is 274 g/mol. The summed E-state index contributed by atoms with van der Waals surface area (Å²) in [6.07, 6.45) is 1.62. The quantitative estimate of drug-likeness (QED) is 0.872. The van der Waals surface area contributed by atoms with Crippen molar-refractivity contribution >= 4 is 17.3 Å². The van der Waals surface area contributed by atoms with Gasteiger partial charge in [-0.1, -0.05) is 0 Å². The molecule has 0 radical (unpaired) electrons. The number of benzene rings is 1. The van der Waals surface area contributed by atoms with Gasteiger partial charge in [-0.3, -0.25) is 0 Å². The van der Waals surface area contributed by atoms with Crippen LogP contribution in [0.2, 0.25) is 0 Å². The first kappa shape index (κ1) is 13.7. The molecular formula is C14H14N2O4. The van der Waals surface area contributed by atoms with E-state index >= 15 is 0 Å². The second-order valence-electron chi connectivity index (χ2n) is 3.93. The van der Waals surface area contributed by atoms with Crippen LogP contribution in [0.25, 0.3) is 0 Å². The van der Waals surface area contributed by atoms with Gasteiger partial charge in [0.2, 0.25) is 5.88 Å². The summed E-state index contributed by atoms with van der Waals surface area (Å²) in [6.45, 7) is 0. The maximum atomic E-state index is 11.0. The number of rotatable bonds is 5. The molecule has 20 heavy (non-hydrogen) atoms. The summed E-state index contributed by atoms with van der Waals surface area (Å²) in [5.74, 6) is -0.244. The molecule has 1 aromatic carbocycles. The fourth-order valence-corrected chi connectivity index (χ4v) is 1.71. The second kappa shape index (κ2) is 5.92. The Morgan fingerprint density at radius 1 is 1.15 bits per heavy atom. The van der Waals surface area contributed by atoms with Crippen molar-refractivity contribution in [2.24, 2.45) is 0 Å². The van der Waals surface area contributed by atoms with Crippen LogP contribution in [-0.4, -0.2) is 30.3 Å². The summed E-state index contributed by atoms with van der Waals surface area (Å²) >= 11 is 0. The van der Waals surface area contributed by atoms with Gasteiger partial charge < -0.3 is 19.9 Å². The van der Waals surface area contributed by atoms with Crippen LogP contribution in [0, 0.1) is 0 Å². The molecule has 0 aliphatic rings. The number of carboxylic acids is 1. The Labute approximate surface area is 116 Å². The van der Waals surface area contributed by atoms with Gasteiger partial charge in [-0.2, -0.15) is 0 Å². The molecule has 0 aliphatic carbocycles. The number of nitrogens with one attached hydrogen (secondary N) is 1. The summed E-state index contributed by atoms with van der Waals surface area (Å²) in [7, 11) is 2.97. The van der Waals surface area contributed by atoms with E-state index in [1.807, 2.05) is 0 Å². The van der Waals surface area contributed by atoms with Gasteiger partial charge in [-0.15, -0.1) is 0 Å². The summed E-state index contributed by atoms with van der Waals surface area (Å²) in [6, 6.07) is 8.29. The molecular weight excluding hydrogens is 260 g/mol. The van der Waals surface area contributed by atoms with E-state index < -0.39 is 5.97 Å². The van der Waals surface area contributed by atoms with Gasteiger partial charge in [0.05, 0.1) is 14.2 Å². The lowest BCUT2D eigenvalue weighted by molar-refractivity contribution is 0.0693. The Kier molecular flexibility index (Phi) is 4.05. The highest BCUT2D eigenvalue weighted by atomic mass is 16.5. The normalized spacial score (nSPS) is 9.90. The summed E-state index contributed by atoms with van der Waals surface area (Å²) in [5, 5.41) is 12.1. The van der Waals surface area contributed by atoms with Gasteiger partial charge in [0.15, 0.2) is 0 Å². The summed E-state index contributed by atoms with van der Waals surface area (Å²) < 4.78 is 10.1. The van der Waals surface area contributed by atoms with Crippen LogP contribution in [0.1, 0.15) is 10.4 Å². The first-order valence-corrected chi connectivity index (χ1v) is 5.82. The Morgan fingerprint density at radius 3 is 2.55 bits per heavy atom. The topological polar surface area (TPSA) is 80.7 Å². The first-order valence-electron chi connectivity index (χ1n) is 5.82. The van der Waals surface area contributed by atoms with Gasteiger partial charge in [0.25, 0.3) is 0 Å². The highest BCUT2D eigenvalue weighted by molar-refractivity contribution is 5.91. The third-order valence-corrected chi connectivity index (χ3v) is 2.66. The number of ether oxygens (including phenoxy) is 2. The fourth-order valence-electron chi connectivity index (χ4n) is 1.71. The summed E-state index contributed by atoms with van der Waals surface area (Å²) in [4.78, 5) is 15.0. The van der Waals surface area contributed by atoms with Crippen molar-refractivity contribution < 1.29 is 19.4 Å². The zero-order valence-electron chi connectivity index (χ0n) is 11.1. The zero-order chi connectivity index (χ0) is 14.5. The molecule has 0 saturated heterocycles. The average Bonchev–Trinajstić information content (AvgIpc) is 2.47. The number of nitrogens with zero attached hydrogens (tertiary/aromatic N) is 1. The van der Waals surface area contributed by atoms with E-state index in [1.54, 1.807) is 30.5 Å². The molecule has 0 atom stereocenters. The van der Waals surface area contributed by atoms with Gasteiger partial charge in [-0.05, 0) is 18.2 Å². The van der Waals surface area contributed by atoms with Gasteiger partial charge in [-0.25, -0.2) is 9.78 Å². The highest BCUT2D eigenvalue weighted by Gasteiger charge is 2.11. The van der Waals surface area contributed by atoms with E-state index in [-0.39, 0.29) is 5.56 Å². The SMILES string of the molecule is COc1cc(Nc2ccc(C(=O)O)c(OC)c2)ccn1. The maximum Gasteiger partial charge on any atom is 0.339 e. The van der Waals surface area contributed by atoms with Crippen LogP contribution in [0.3, 0.4) is 0 Å². The lowest BCUT2D eigenvalue weighted by Gasteiger charge is -2.10. The molecule has 2 N–H and O–H groups in total. The fraction of sp³-hybridized carbons (Fsp3) is 0.143. The van der Waals surface area contributed by atoms with Gasteiger partial charge in [0.1, 0.15) is 11.3 Å². The molecule has 1 heterocycles. The Morgan fingerprint density at radius 2 is 1.90 bits per heavy atom. The van der Waals surface area contributed by atoms with E-state index in [0.29, 0.717) is 17.3 Å². The predicted octanol–water partition coefficient (Wildman–Crippen LogP) is 2.54. The van der Waals surface area contributed by atoms with E-state index in [1.165, 1.54) is 20.3 Å². The van der Waals surface area contributed by atoms with Crippen molar-refractivity contribution in [2.75, 3.05) is 19.5 Å². The largest absolute Gasteiger partial charge is 0.496 e. The van der Waals surface area contributed by atoms with Crippen LogP contribution in [0.4, 0.5) is 11.4 Å². The van der Waals surface area contributed by atoms with Crippen molar-refractivity contribution in [1.29, 1.82) is 0 Å². The van der Waals surface area contributed by atoms with E-state index in [9.17, 15) is 4.79 Å². The number of hydrogen-bond donors (Lipinski definition) is 2. The van der Waals surface area contributed by atoms with E-state index in [4.69, 9.17) is 14.6 Å².